The maximum atomic E-state index is 6.27. The van der Waals surface area contributed by atoms with E-state index in [0.29, 0.717) is 18.1 Å². The van der Waals surface area contributed by atoms with E-state index in [1.54, 1.807) is 0 Å². The first-order chi connectivity index (χ1) is 14.7. The third-order valence-corrected chi connectivity index (χ3v) is 10.2. The van der Waals surface area contributed by atoms with E-state index in [4.69, 9.17) is 4.74 Å². The van der Waals surface area contributed by atoms with E-state index in [1.165, 1.54) is 28.0 Å². The van der Waals surface area contributed by atoms with Crippen molar-refractivity contribution in [3.63, 3.8) is 0 Å². The summed E-state index contributed by atoms with van der Waals surface area (Å²) in [5, 5.41) is 0. The third-order valence-electron chi connectivity index (χ3n) is 6.09. The molecule has 160 valence electrons. The fourth-order valence-electron chi connectivity index (χ4n) is 4.68. The van der Waals surface area contributed by atoms with Gasteiger partial charge in [-0.15, -0.1) is 0 Å². The van der Waals surface area contributed by atoms with Crippen molar-refractivity contribution in [2.24, 2.45) is 0 Å². The van der Waals surface area contributed by atoms with Gasteiger partial charge in [0.1, 0.15) is 0 Å². The van der Waals surface area contributed by atoms with Gasteiger partial charge in [-0.25, -0.2) is 8.61 Å². The topological polar surface area (TPSA) is 15.7 Å². The molecule has 1 unspecified atom stereocenters. The van der Waals surface area contributed by atoms with E-state index in [1.807, 2.05) is 18.2 Å². The summed E-state index contributed by atoms with van der Waals surface area (Å²) in [5.41, 5.74) is 5.63. The number of hydrogen-bond acceptors (Lipinski definition) is 5. The van der Waals surface area contributed by atoms with Crippen LogP contribution in [0.1, 0.15) is 48.5 Å². The molecular formula is C23H26I2N2OS2. The molecule has 2 aromatic rings. The van der Waals surface area contributed by atoms with Gasteiger partial charge in [0.15, 0.2) is 0 Å². The summed E-state index contributed by atoms with van der Waals surface area (Å²) in [6.45, 7) is 6.00. The Bertz CT molecular complexity index is 896. The SMILES string of the molecule is CCOC1=C2CN(SI)[C@H](c3ccccc3)CC2N(SI)[C@H](c2ccccc2C)C1. The minimum Gasteiger partial charge on any atom is -0.498 e. The number of aryl methyl sites for hydroxylation is 1. The molecule has 3 nitrogen and oxygen atoms in total. The first-order valence-corrected chi connectivity index (χ1v) is 16.9. The van der Waals surface area contributed by atoms with E-state index in [0.717, 1.165) is 26.0 Å². The molecule has 3 atom stereocenters. The van der Waals surface area contributed by atoms with Gasteiger partial charge >= 0.3 is 0 Å². The number of ether oxygens (including phenoxy) is 1. The van der Waals surface area contributed by atoms with Crippen LogP contribution >= 0.6 is 60.6 Å². The van der Waals surface area contributed by atoms with Crippen LogP contribution in [-0.2, 0) is 4.74 Å². The van der Waals surface area contributed by atoms with Crippen molar-refractivity contribution >= 4 is 60.6 Å². The molecule has 2 aliphatic heterocycles. The summed E-state index contributed by atoms with van der Waals surface area (Å²) < 4.78 is 11.4. The summed E-state index contributed by atoms with van der Waals surface area (Å²) in [6.07, 6.45) is 2.01. The van der Waals surface area contributed by atoms with Crippen LogP contribution in [-0.4, -0.2) is 27.8 Å². The molecule has 1 saturated heterocycles. The van der Waals surface area contributed by atoms with E-state index < -0.39 is 0 Å². The summed E-state index contributed by atoms with van der Waals surface area (Å²) in [7, 11) is 3.68. The van der Waals surface area contributed by atoms with Crippen molar-refractivity contribution in [2.45, 2.75) is 44.8 Å². The molecular weight excluding hydrogens is 638 g/mol. The zero-order chi connectivity index (χ0) is 21.1. The van der Waals surface area contributed by atoms with Gasteiger partial charge in [0.2, 0.25) is 0 Å². The molecule has 0 spiro atoms. The lowest BCUT2D eigenvalue weighted by Gasteiger charge is -2.49. The minimum absolute atomic E-state index is 0.332. The Morgan fingerprint density at radius 2 is 1.70 bits per heavy atom. The maximum absolute atomic E-state index is 6.27. The first kappa shape index (κ1) is 23.2. The summed E-state index contributed by atoms with van der Waals surface area (Å²) in [5.74, 6) is 1.21. The highest BCUT2D eigenvalue weighted by atomic mass is 127. The highest BCUT2D eigenvalue weighted by Gasteiger charge is 2.44. The van der Waals surface area contributed by atoms with Crippen LogP contribution in [0.2, 0.25) is 0 Å². The summed E-state index contributed by atoms with van der Waals surface area (Å²) in [4.78, 5) is 0. The average Bonchev–Trinajstić information content (AvgIpc) is 2.79. The fourth-order valence-corrected chi connectivity index (χ4v) is 8.65. The van der Waals surface area contributed by atoms with E-state index in [9.17, 15) is 0 Å². The second-order valence-corrected chi connectivity index (χ2v) is 11.2. The third kappa shape index (κ3) is 4.71. The van der Waals surface area contributed by atoms with Gasteiger partial charge in [-0.2, -0.15) is 0 Å². The zero-order valence-corrected chi connectivity index (χ0v) is 23.1. The normalized spacial score (nSPS) is 25.3. The van der Waals surface area contributed by atoms with Crippen LogP contribution in [0.4, 0.5) is 0 Å². The Labute approximate surface area is 212 Å². The highest BCUT2D eigenvalue weighted by molar-refractivity contribution is 14.2. The van der Waals surface area contributed by atoms with Crippen LogP contribution in [0.5, 0.6) is 0 Å². The molecule has 0 amide bonds. The lowest BCUT2D eigenvalue weighted by molar-refractivity contribution is 0.129. The molecule has 0 saturated carbocycles. The monoisotopic (exact) mass is 664 g/mol. The van der Waals surface area contributed by atoms with Gasteiger partial charge in [0, 0.05) is 73.0 Å². The Morgan fingerprint density at radius 3 is 2.37 bits per heavy atom. The predicted octanol–water partition coefficient (Wildman–Crippen LogP) is 7.84. The molecule has 1 fully saturated rings. The maximum Gasteiger partial charge on any atom is 0.1000 e. The number of piperidine rings is 1. The lowest BCUT2D eigenvalue weighted by atomic mass is 9.83. The molecule has 4 rings (SSSR count). The Kier molecular flexibility index (Phi) is 8.35. The molecule has 2 aliphatic rings. The molecule has 2 aromatic carbocycles. The quantitative estimate of drug-likeness (QED) is 0.230. The van der Waals surface area contributed by atoms with Gasteiger partial charge in [0.05, 0.1) is 18.4 Å². The second kappa shape index (κ2) is 10.8. The first-order valence-electron chi connectivity index (χ1n) is 10.3. The van der Waals surface area contributed by atoms with E-state index >= 15 is 0 Å². The van der Waals surface area contributed by atoms with Gasteiger partial charge in [0.25, 0.3) is 0 Å². The van der Waals surface area contributed by atoms with Crippen molar-refractivity contribution < 1.29 is 4.74 Å². The van der Waals surface area contributed by atoms with Crippen molar-refractivity contribution in [2.75, 3.05) is 13.2 Å². The number of fused-ring (bicyclic) bond motifs is 1. The minimum atomic E-state index is 0.332. The van der Waals surface area contributed by atoms with E-state index in [-0.39, 0.29) is 0 Å². The number of halogens is 2. The largest absolute Gasteiger partial charge is 0.498 e. The molecule has 0 N–H and O–H groups in total. The molecule has 30 heavy (non-hydrogen) atoms. The van der Waals surface area contributed by atoms with Gasteiger partial charge in [-0.1, -0.05) is 54.6 Å². The summed E-state index contributed by atoms with van der Waals surface area (Å²) in [6, 6.07) is 20.9. The molecule has 0 aliphatic carbocycles. The Hall–Kier alpha value is 0.0600. The summed E-state index contributed by atoms with van der Waals surface area (Å²) >= 11 is 4.90. The number of rotatable bonds is 6. The van der Waals surface area contributed by atoms with Gasteiger partial charge in [-0.05, 0) is 55.2 Å². The lowest BCUT2D eigenvalue weighted by Crippen LogP contribution is -2.47. The van der Waals surface area contributed by atoms with Crippen LogP contribution in [0, 0.1) is 6.92 Å². The van der Waals surface area contributed by atoms with Crippen LogP contribution in [0.15, 0.2) is 65.9 Å². The van der Waals surface area contributed by atoms with Crippen molar-refractivity contribution in [3.8, 4) is 0 Å². The predicted molar refractivity (Wildman–Crippen MR) is 147 cm³/mol. The van der Waals surface area contributed by atoms with Crippen molar-refractivity contribution in [3.05, 3.63) is 82.6 Å². The molecule has 0 radical (unpaired) electrons. The fraction of sp³-hybridized carbons (Fsp3) is 0.391. The highest BCUT2D eigenvalue weighted by Crippen LogP contribution is 2.51. The Morgan fingerprint density at radius 1 is 0.967 bits per heavy atom. The van der Waals surface area contributed by atoms with Crippen molar-refractivity contribution in [1.29, 1.82) is 0 Å². The zero-order valence-electron chi connectivity index (χ0n) is 17.1. The van der Waals surface area contributed by atoms with Gasteiger partial charge in [-0.3, -0.25) is 0 Å². The smallest absolute Gasteiger partial charge is 0.1000 e. The van der Waals surface area contributed by atoms with E-state index in [2.05, 4.69) is 119 Å². The molecule has 0 aromatic heterocycles. The van der Waals surface area contributed by atoms with Crippen LogP contribution in [0.3, 0.4) is 0 Å². The van der Waals surface area contributed by atoms with Crippen LogP contribution < -0.4 is 0 Å². The number of hydrogen-bond donors (Lipinski definition) is 0. The molecule has 7 heteroatoms. The number of benzene rings is 2. The standard InChI is InChI=1S/C23H26I2N2OS2/c1-3-28-23-14-22(18-12-8-7-9-16(18)2)27(30-25)21-13-20(17-10-5-4-6-11-17)26(29-24)15-19(21)23/h4-12,20-22H,3,13-15H2,1-2H3/t20-,21?,22-/m0/s1. The van der Waals surface area contributed by atoms with Gasteiger partial charge < -0.3 is 4.74 Å². The van der Waals surface area contributed by atoms with Crippen LogP contribution in [0.25, 0.3) is 0 Å². The second-order valence-electron chi connectivity index (χ2n) is 7.71. The van der Waals surface area contributed by atoms with Crippen molar-refractivity contribution in [1.82, 2.24) is 8.61 Å². The number of nitrogens with zero attached hydrogens (tertiary/aromatic N) is 2. The molecule has 2 heterocycles. The average molecular weight is 664 g/mol. The molecule has 0 bridgehead atoms. The Balaban J connectivity index is 1.76.